The minimum absolute atomic E-state index is 0.186. The number of hydrogen-bond acceptors (Lipinski definition) is 3. The number of nitrogens with one attached hydrogen (secondary N) is 1. The second-order valence-corrected chi connectivity index (χ2v) is 5.42. The first kappa shape index (κ1) is 14.6. The Morgan fingerprint density at radius 2 is 1.91 bits per heavy atom. The number of hydrogen-bond donors (Lipinski definition) is 1. The van der Waals surface area contributed by atoms with Crippen LogP contribution in [0.1, 0.15) is 17.5 Å². The molecule has 2 aromatic rings. The van der Waals surface area contributed by atoms with Gasteiger partial charge in [-0.15, -0.1) is 0 Å². The predicted molar refractivity (Wildman–Crippen MR) is 85.8 cm³/mol. The quantitative estimate of drug-likeness (QED) is 0.942. The van der Waals surface area contributed by atoms with Crippen molar-refractivity contribution in [3.8, 4) is 0 Å². The molecule has 1 amide bonds. The van der Waals surface area contributed by atoms with E-state index in [1.54, 1.807) is 6.07 Å². The van der Waals surface area contributed by atoms with Gasteiger partial charge in [-0.3, -0.25) is 4.79 Å². The third-order valence-corrected chi connectivity index (χ3v) is 3.85. The smallest absolute Gasteiger partial charge is 0.264 e. The van der Waals surface area contributed by atoms with E-state index in [0.29, 0.717) is 18.0 Å². The molecule has 2 aromatic carbocycles. The van der Waals surface area contributed by atoms with Gasteiger partial charge in [0, 0.05) is 18.0 Å². The van der Waals surface area contributed by atoms with E-state index in [0.717, 1.165) is 16.8 Å². The van der Waals surface area contributed by atoms with Gasteiger partial charge >= 0.3 is 0 Å². The zero-order valence-corrected chi connectivity index (χ0v) is 12.6. The lowest BCUT2D eigenvalue weighted by molar-refractivity contribution is -0.131. The lowest BCUT2D eigenvalue weighted by atomic mass is 10.0. The molecule has 1 heterocycles. The molecular formula is C17H15ClN2O2. The lowest BCUT2D eigenvalue weighted by Gasteiger charge is -2.10. The van der Waals surface area contributed by atoms with Crippen molar-refractivity contribution in [3.05, 3.63) is 70.7 Å². The molecule has 112 valence electrons. The number of amides is 1. The molecule has 1 N–H and O–H groups in total. The van der Waals surface area contributed by atoms with Crippen LogP contribution in [-0.4, -0.2) is 17.7 Å². The highest BCUT2D eigenvalue weighted by Crippen LogP contribution is 2.18. The maximum atomic E-state index is 12.2. The first-order chi connectivity index (χ1) is 10.7. The zero-order chi connectivity index (χ0) is 15.4. The summed E-state index contributed by atoms with van der Waals surface area (Å²) in [6.07, 6.45) is -0.115. The van der Waals surface area contributed by atoms with E-state index >= 15 is 0 Å². The molecule has 0 bridgehead atoms. The minimum atomic E-state index is -0.585. The van der Waals surface area contributed by atoms with E-state index in [-0.39, 0.29) is 5.91 Å². The summed E-state index contributed by atoms with van der Waals surface area (Å²) < 4.78 is 0. The Hall–Kier alpha value is -2.33. The van der Waals surface area contributed by atoms with Gasteiger partial charge in [-0.25, -0.2) is 0 Å². The SMILES string of the molecule is O=C(NCc1ccccc1Cl)[C@@H]1CC(c2ccccc2)=NO1. The Balaban J connectivity index is 1.56. The Morgan fingerprint density at radius 3 is 2.68 bits per heavy atom. The molecule has 1 atom stereocenters. The summed E-state index contributed by atoms with van der Waals surface area (Å²) in [5, 5.41) is 7.48. The molecular weight excluding hydrogens is 300 g/mol. The number of carbonyl (C=O) groups excluding carboxylic acids is 1. The van der Waals surface area contributed by atoms with Gasteiger partial charge in [-0.05, 0) is 17.2 Å². The molecule has 0 saturated heterocycles. The molecule has 1 aliphatic heterocycles. The summed E-state index contributed by atoms with van der Waals surface area (Å²) in [7, 11) is 0. The Kier molecular flexibility index (Phi) is 4.39. The van der Waals surface area contributed by atoms with Crippen LogP contribution >= 0.6 is 11.6 Å². The van der Waals surface area contributed by atoms with E-state index in [1.165, 1.54) is 0 Å². The van der Waals surface area contributed by atoms with Gasteiger partial charge in [0.2, 0.25) is 6.10 Å². The Morgan fingerprint density at radius 1 is 1.18 bits per heavy atom. The number of rotatable bonds is 4. The number of halogens is 1. The molecule has 0 aromatic heterocycles. The van der Waals surface area contributed by atoms with Crippen LogP contribution in [0, 0.1) is 0 Å². The van der Waals surface area contributed by atoms with Crippen LogP contribution in [0.3, 0.4) is 0 Å². The fourth-order valence-electron chi connectivity index (χ4n) is 2.26. The standard InChI is InChI=1S/C17H15ClN2O2/c18-14-9-5-4-8-13(14)11-19-17(21)16-10-15(20-22-16)12-6-2-1-3-7-12/h1-9,16H,10-11H2,(H,19,21)/t16-/m0/s1. The second-order valence-electron chi connectivity index (χ2n) is 5.01. The lowest BCUT2D eigenvalue weighted by Crippen LogP contribution is -2.34. The number of oxime groups is 1. The second kappa shape index (κ2) is 6.62. The van der Waals surface area contributed by atoms with Crippen molar-refractivity contribution in [2.24, 2.45) is 5.16 Å². The van der Waals surface area contributed by atoms with Crippen molar-refractivity contribution in [2.45, 2.75) is 19.1 Å². The predicted octanol–water partition coefficient (Wildman–Crippen LogP) is 3.15. The summed E-state index contributed by atoms with van der Waals surface area (Å²) in [5.74, 6) is -0.186. The van der Waals surface area contributed by atoms with Gasteiger partial charge in [0.25, 0.3) is 5.91 Å². The number of benzene rings is 2. The Labute approximate surface area is 133 Å². The highest BCUT2D eigenvalue weighted by molar-refractivity contribution is 6.31. The summed E-state index contributed by atoms with van der Waals surface area (Å²) in [6, 6.07) is 17.1. The van der Waals surface area contributed by atoms with Crippen LogP contribution in [0.5, 0.6) is 0 Å². The van der Waals surface area contributed by atoms with Gasteiger partial charge in [0.15, 0.2) is 0 Å². The molecule has 0 saturated carbocycles. The van der Waals surface area contributed by atoms with Crippen LogP contribution in [0.15, 0.2) is 59.8 Å². The fraction of sp³-hybridized carbons (Fsp3) is 0.176. The van der Waals surface area contributed by atoms with Crippen LogP contribution < -0.4 is 5.32 Å². The monoisotopic (exact) mass is 314 g/mol. The van der Waals surface area contributed by atoms with E-state index in [2.05, 4.69) is 10.5 Å². The number of nitrogens with zero attached hydrogens (tertiary/aromatic N) is 1. The summed E-state index contributed by atoms with van der Waals surface area (Å²) in [6.45, 7) is 0.374. The summed E-state index contributed by atoms with van der Waals surface area (Å²) >= 11 is 6.07. The van der Waals surface area contributed by atoms with Gasteiger partial charge in [-0.1, -0.05) is 65.3 Å². The summed E-state index contributed by atoms with van der Waals surface area (Å²) in [4.78, 5) is 17.4. The van der Waals surface area contributed by atoms with Crippen molar-refractivity contribution in [1.29, 1.82) is 0 Å². The first-order valence-electron chi connectivity index (χ1n) is 7.03. The topological polar surface area (TPSA) is 50.7 Å². The summed E-state index contributed by atoms with van der Waals surface area (Å²) in [5.41, 5.74) is 2.64. The van der Waals surface area contributed by atoms with Crippen molar-refractivity contribution >= 4 is 23.2 Å². The fourth-order valence-corrected chi connectivity index (χ4v) is 2.46. The van der Waals surface area contributed by atoms with Crippen LogP contribution in [0.2, 0.25) is 5.02 Å². The maximum absolute atomic E-state index is 12.2. The average molecular weight is 315 g/mol. The van der Waals surface area contributed by atoms with Crippen molar-refractivity contribution in [3.63, 3.8) is 0 Å². The first-order valence-corrected chi connectivity index (χ1v) is 7.41. The van der Waals surface area contributed by atoms with Gasteiger partial charge in [-0.2, -0.15) is 0 Å². The van der Waals surface area contributed by atoms with Crippen molar-refractivity contribution in [1.82, 2.24) is 5.32 Å². The third kappa shape index (κ3) is 3.28. The van der Waals surface area contributed by atoms with Gasteiger partial charge in [0.1, 0.15) is 0 Å². The molecule has 0 aliphatic carbocycles. The molecule has 0 radical (unpaired) electrons. The van der Waals surface area contributed by atoms with E-state index in [4.69, 9.17) is 16.4 Å². The molecule has 1 aliphatic rings. The Bertz CT molecular complexity index is 701. The third-order valence-electron chi connectivity index (χ3n) is 3.48. The van der Waals surface area contributed by atoms with Crippen LogP contribution in [-0.2, 0) is 16.2 Å². The molecule has 3 rings (SSSR count). The molecule has 22 heavy (non-hydrogen) atoms. The molecule has 5 heteroatoms. The highest BCUT2D eigenvalue weighted by Gasteiger charge is 2.28. The van der Waals surface area contributed by atoms with Crippen LogP contribution in [0.4, 0.5) is 0 Å². The van der Waals surface area contributed by atoms with E-state index in [1.807, 2.05) is 48.5 Å². The normalized spacial score (nSPS) is 16.8. The average Bonchev–Trinajstić information content (AvgIpc) is 3.05. The molecule has 0 unspecified atom stereocenters. The van der Waals surface area contributed by atoms with Gasteiger partial charge < -0.3 is 10.2 Å². The van der Waals surface area contributed by atoms with E-state index in [9.17, 15) is 4.79 Å². The molecule has 4 nitrogen and oxygen atoms in total. The van der Waals surface area contributed by atoms with Gasteiger partial charge in [0.05, 0.1) is 5.71 Å². The highest BCUT2D eigenvalue weighted by atomic mass is 35.5. The van der Waals surface area contributed by atoms with Crippen LogP contribution in [0.25, 0.3) is 0 Å². The number of carbonyl (C=O) groups is 1. The van der Waals surface area contributed by atoms with E-state index < -0.39 is 6.10 Å². The van der Waals surface area contributed by atoms with Crippen molar-refractivity contribution < 1.29 is 9.63 Å². The minimum Gasteiger partial charge on any atom is -0.382 e. The maximum Gasteiger partial charge on any atom is 0.264 e. The largest absolute Gasteiger partial charge is 0.382 e. The molecule has 0 fully saturated rings. The zero-order valence-electron chi connectivity index (χ0n) is 11.8. The molecule has 0 spiro atoms. The van der Waals surface area contributed by atoms with Crippen molar-refractivity contribution in [2.75, 3.05) is 0 Å².